The predicted molar refractivity (Wildman–Crippen MR) is 105 cm³/mol. The van der Waals surface area contributed by atoms with Crippen molar-refractivity contribution in [3.05, 3.63) is 46.4 Å². The molecule has 1 aromatic carbocycles. The van der Waals surface area contributed by atoms with Gasteiger partial charge < -0.3 is 9.64 Å². The first-order chi connectivity index (χ1) is 13.1. The van der Waals surface area contributed by atoms with Gasteiger partial charge in [-0.1, -0.05) is 42.1 Å². The molecule has 0 saturated carbocycles. The smallest absolute Gasteiger partial charge is 0.344 e. The number of aromatic nitrogens is 3. The SMILES string of the molecule is CCN(Cc1ccccc1)C(=O)C(C)Sc1n[nH]c(=O)n1CC1CCCO1. The number of nitrogens with one attached hydrogen (secondary N) is 1. The van der Waals surface area contributed by atoms with Crippen molar-refractivity contribution in [1.29, 1.82) is 0 Å². The summed E-state index contributed by atoms with van der Waals surface area (Å²) in [7, 11) is 0. The van der Waals surface area contributed by atoms with Gasteiger partial charge in [0.05, 0.1) is 17.9 Å². The van der Waals surface area contributed by atoms with Crippen molar-refractivity contribution < 1.29 is 9.53 Å². The monoisotopic (exact) mass is 390 g/mol. The number of benzene rings is 1. The Morgan fingerprint density at radius 2 is 2.22 bits per heavy atom. The zero-order valence-electron chi connectivity index (χ0n) is 15.8. The topological polar surface area (TPSA) is 80.2 Å². The van der Waals surface area contributed by atoms with Gasteiger partial charge >= 0.3 is 5.69 Å². The lowest BCUT2D eigenvalue weighted by Crippen LogP contribution is -2.36. The first-order valence-corrected chi connectivity index (χ1v) is 10.2. The van der Waals surface area contributed by atoms with Gasteiger partial charge in [0.1, 0.15) is 0 Å². The summed E-state index contributed by atoms with van der Waals surface area (Å²) in [5, 5.41) is 6.80. The largest absolute Gasteiger partial charge is 0.376 e. The van der Waals surface area contributed by atoms with E-state index in [-0.39, 0.29) is 23.0 Å². The first-order valence-electron chi connectivity index (χ1n) is 9.34. The molecule has 1 fully saturated rings. The molecule has 1 aromatic heterocycles. The number of carbonyl (C=O) groups excluding carboxylic acids is 1. The maximum Gasteiger partial charge on any atom is 0.344 e. The van der Waals surface area contributed by atoms with Crippen LogP contribution in [0.2, 0.25) is 0 Å². The molecule has 2 unspecified atom stereocenters. The van der Waals surface area contributed by atoms with Crippen LogP contribution in [0.5, 0.6) is 0 Å². The van der Waals surface area contributed by atoms with Crippen LogP contribution in [-0.4, -0.2) is 50.1 Å². The van der Waals surface area contributed by atoms with Gasteiger partial charge in [-0.15, -0.1) is 5.10 Å². The molecule has 1 amide bonds. The fourth-order valence-corrected chi connectivity index (χ4v) is 4.11. The minimum absolute atomic E-state index is 0.0328. The van der Waals surface area contributed by atoms with E-state index in [4.69, 9.17) is 4.74 Å². The summed E-state index contributed by atoms with van der Waals surface area (Å²) in [6, 6.07) is 9.94. The molecule has 0 radical (unpaired) electrons. The van der Waals surface area contributed by atoms with Gasteiger partial charge in [0.15, 0.2) is 5.16 Å². The van der Waals surface area contributed by atoms with Crippen LogP contribution in [0.3, 0.4) is 0 Å². The van der Waals surface area contributed by atoms with Gasteiger partial charge in [-0.3, -0.25) is 9.36 Å². The highest BCUT2D eigenvalue weighted by atomic mass is 32.2. The Morgan fingerprint density at radius 3 is 2.89 bits per heavy atom. The van der Waals surface area contributed by atoms with E-state index in [1.807, 2.05) is 49.1 Å². The Morgan fingerprint density at radius 1 is 1.44 bits per heavy atom. The molecule has 3 rings (SSSR count). The second-order valence-electron chi connectivity index (χ2n) is 6.66. The van der Waals surface area contributed by atoms with Crippen LogP contribution in [0.1, 0.15) is 32.3 Å². The van der Waals surface area contributed by atoms with E-state index in [0.717, 1.165) is 25.0 Å². The number of hydrogen-bond donors (Lipinski definition) is 1. The molecule has 1 aliphatic heterocycles. The summed E-state index contributed by atoms with van der Waals surface area (Å²) < 4.78 is 7.21. The van der Waals surface area contributed by atoms with Crippen LogP contribution in [0.4, 0.5) is 0 Å². The Labute approximate surface area is 163 Å². The maximum atomic E-state index is 12.9. The summed E-state index contributed by atoms with van der Waals surface area (Å²) in [4.78, 5) is 26.8. The molecular weight excluding hydrogens is 364 g/mol. The first kappa shape index (κ1) is 19.7. The van der Waals surface area contributed by atoms with E-state index in [9.17, 15) is 9.59 Å². The Bertz CT molecular complexity index is 799. The number of hydrogen-bond acceptors (Lipinski definition) is 5. The van der Waals surface area contributed by atoms with E-state index in [1.54, 1.807) is 4.57 Å². The van der Waals surface area contributed by atoms with Gasteiger partial charge in [-0.05, 0) is 32.3 Å². The van der Waals surface area contributed by atoms with Crippen molar-refractivity contribution in [2.75, 3.05) is 13.2 Å². The molecule has 0 aliphatic carbocycles. The third-order valence-electron chi connectivity index (χ3n) is 4.67. The number of thioether (sulfide) groups is 1. The zero-order valence-corrected chi connectivity index (χ0v) is 16.6. The van der Waals surface area contributed by atoms with E-state index in [0.29, 0.717) is 24.8 Å². The lowest BCUT2D eigenvalue weighted by Gasteiger charge is -2.24. The van der Waals surface area contributed by atoms with Crippen LogP contribution >= 0.6 is 11.8 Å². The zero-order chi connectivity index (χ0) is 19.2. The van der Waals surface area contributed by atoms with Crippen LogP contribution in [0.15, 0.2) is 40.3 Å². The molecule has 2 aromatic rings. The van der Waals surface area contributed by atoms with E-state index < -0.39 is 0 Å². The molecule has 8 heteroatoms. The summed E-state index contributed by atoms with van der Waals surface area (Å²) in [6.07, 6.45) is 1.99. The second kappa shape index (κ2) is 9.23. The van der Waals surface area contributed by atoms with Crippen molar-refractivity contribution in [3.8, 4) is 0 Å². The highest BCUT2D eigenvalue weighted by Crippen LogP contribution is 2.23. The molecule has 2 heterocycles. The average Bonchev–Trinajstić information content (AvgIpc) is 3.32. The van der Waals surface area contributed by atoms with Crippen molar-refractivity contribution in [2.24, 2.45) is 0 Å². The number of ether oxygens (including phenoxy) is 1. The third kappa shape index (κ3) is 5.01. The number of carbonyl (C=O) groups is 1. The van der Waals surface area contributed by atoms with Crippen molar-refractivity contribution in [1.82, 2.24) is 19.7 Å². The molecule has 27 heavy (non-hydrogen) atoms. The summed E-state index contributed by atoms with van der Waals surface area (Å²) >= 11 is 1.31. The number of aromatic amines is 1. The molecule has 7 nitrogen and oxygen atoms in total. The van der Waals surface area contributed by atoms with Gasteiger partial charge in [0.25, 0.3) is 0 Å². The molecule has 1 N–H and O–H groups in total. The fraction of sp³-hybridized carbons (Fsp3) is 0.526. The maximum absolute atomic E-state index is 12.9. The molecule has 0 spiro atoms. The Kier molecular flexibility index (Phi) is 6.73. The predicted octanol–water partition coefficient (Wildman–Crippen LogP) is 2.28. The molecular formula is C19H26N4O3S. The van der Waals surface area contributed by atoms with E-state index in [2.05, 4.69) is 10.2 Å². The highest BCUT2D eigenvalue weighted by molar-refractivity contribution is 8.00. The molecule has 1 saturated heterocycles. The van der Waals surface area contributed by atoms with E-state index in [1.165, 1.54) is 11.8 Å². The minimum atomic E-state index is -0.341. The number of rotatable bonds is 8. The highest BCUT2D eigenvalue weighted by Gasteiger charge is 2.25. The van der Waals surface area contributed by atoms with Crippen LogP contribution < -0.4 is 5.69 Å². The average molecular weight is 391 g/mol. The molecule has 1 aliphatic rings. The van der Waals surface area contributed by atoms with Gasteiger partial charge in [0.2, 0.25) is 5.91 Å². The Hall–Kier alpha value is -2.06. The van der Waals surface area contributed by atoms with Gasteiger partial charge in [-0.25, -0.2) is 9.89 Å². The second-order valence-corrected chi connectivity index (χ2v) is 7.96. The molecule has 146 valence electrons. The number of nitrogens with zero attached hydrogens (tertiary/aromatic N) is 3. The van der Waals surface area contributed by atoms with Gasteiger partial charge in [0, 0.05) is 19.7 Å². The van der Waals surface area contributed by atoms with Crippen LogP contribution in [0.25, 0.3) is 0 Å². The fourth-order valence-electron chi connectivity index (χ4n) is 3.16. The van der Waals surface area contributed by atoms with E-state index >= 15 is 0 Å². The molecule has 0 bridgehead atoms. The van der Waals surface area contributed by atoms with Gasteiger partial charge in [-0.2, -0.15) is 0 Å². The number of H-pyrrole nitrogens is 1. The Balaban J connectivity index is 1.66. The lowest BCUT2D eigenvalue weighted by atomic mass is 10.2. The standard InChI is InChI=1S/C19H26N4O3S/c1-3-22(12-15-8-5-4-6-9-15)17(24)14(2)27-19-21-20-18(25)23(19)13-16-10-7-11-26-16/h4-6,8-9,14,16H,3,7,10-13H2,1-2H3,(H,20,25). The quantitative estimate of drug-likeness (QED) is 0.700. The summed E-state index contributed by atoms with van der Waals surface area (Å²) in [5.41, 5.74) is 0.837. The van der Waals surface area contributed by atoms with Crippen molar-refractivity contribution in [2.45, 2.75) is 56.3 Å². The summed E-state index contributed by atoms with van der Waals surface area (Å²) in [5.74, 6) is 0.0328. The normalized spacial score (nSPS) is 17.8. The lowest BCUT2D eigenvalue weighted by molar-refractivity contribution is -0.130. The molecule has 2 atom stereocenters. The summed E-state index contributed by atoms with van der Waals surface area (Å²) in [6.45, 7) is 6.24. The van der Waals surface area contributed by atoms with Crippen molar-refractivity contribution in [3.63, 3.8) is 0 Å². The van der Waals surface area contributed by atoms with Crippen LogP contribution in [-0.2, 0) is 22.6 Å². The van der Waals surface area contributed by atoms with Crippen LogP contribution in [0, 0.1) is 0 Å². The third-order valence-corrected chi connectivity index (χ3v) is 5.75. The number of amides is 1. The van der Waals surface area contributed by atoms with Crippen molar-refractivity contribution >= 4 is 17.7 Å². The minimum Gasteiger partial charge on any atom is -0.376 e.